The van der Waals surface area contributed by atoms with Gasteiger partial charge in [0.2, 0.25) is 0 Å². The molecule has 7 rings (SSSR count). The number of nitrogens with zero attached hydrogens (tertiary/aromatic N) is 4. The molecule has 1 N–H and O–H groups in total. The summed E-state index contributed by atoms with van der Waals surface area (Å²) in [4.78, 5) is 29.9. The van der Waals surface area contributed by atoms with Crippen LogP contribution in [-0.2, 0) is 41.8 Å². The summed E-state index contributed by atoms with van der Waals surface area (Å²) < 4.78 is 3.86. The van der Waals surface area contributed by atoms with Crippen LogP contribution in [0.1, 0.15) is 90.0 Å². The topological polar surface area (TPSA) is 69.6 Å². The van der Waals surface area contributed by atoms with Crippen molar-refractivity contribution in [2.75, 3.05) is 9.80 Å². The minimum atomic E-state index is -0.677. The van der Waals surface area contributed by atoms with Gasteiger partial charge in [0.15, 0.2) is 0 Å². The van der Waals surface area contributed by atoms with Crippen LogP contribution in [0.15, 0.2) is 127 Å². The Morgan fingerprint density at radius 1 is 0.556 bits per heavy atom. The second kappa shape index (κ2) is 15.7. The molecule has 6 nitrogen and oxygen atoms in total. The summed E-state index contributed by atoms with van der Waals surface area (Å²) in [5.74, 6) is -0.502. The molecular formula is C46H48N4O2Se2. The molecular weight excluding hydrogens is 798 g/mol. The molecule has 0 fully saturated rings. The van der Waals surface area contributed by atoms with Gasteiger partial charge in [-0.3, -0.25) is 0 Å². The molecule has 1 aliphatic rings. The van der Waals surface area contributed by atoms with Gasteiger partial charge in [0.1, 0.15) is 0 Å². The molecule has 2 heterocycles. The molecule has 6 aromatic rings. The van der Waals surface area contributed by atoms with E-state index in [0.717, 1.165) is 29.6 Å². The number of aliphatic hydroxyl groups excluding tert-OH is 1. The fraction of sp³-hybridized carbons (Fsp3) is 0.283. The number of hydrogen-bond donors (Lipinski definition) is 1. The number of rotatable bonds is 12. The van der Waals surface area contributed by atoms with Gasteiger partial charge in [0, 0.05) is 0 Å². The van der Waals surface area contributed by atoms with Crippen LogP contribution in [0.25, 0.3) is 5.57 Å². The Morgan fingerprint density at radius 3 is 1.26 bits per heavy atom. The molecule has 4 aromatic carbocycles. The molecule has 276 valence electrons. The number of ketones is 1. The number of carbonyl (C=O) groups is 1. The molecule has 2 aromatic heterocycles. The van der Waals surface area contributed by atoms with Crippen LogP contribution in [0.2, 0.25) is 0 Å². The molecule has 0 radical (unpaired) electrons. The molecule has 0 aliphatic heterocycles. The molecule has 54 heavy (non-hydrogen) atoms. The van der Waals surface area contributed by atoms with Gasteiger partial charge in [0.25, 0.3) is 0 Å². The van der Waals surface area contributed by atoms with Crippen LogP contribution < -0.4 is 9.80 Å². The van der Waals surface area contributed by atoms with Crippen molar-refractivity contribution in [3.63, 3.8) is 0 Å². The van der Waals surface area contributed by atoms with E-state index in [4.69, 9.17) is 9.97 Å². The van der Waals surface area contributed by atoms with E-state index in [1.807, 2.05) is 24.3 Å². The van der Waals surface area contributed by atoms with Gasteiger partial charge < -0.3 is 0 Å². The number of aromatic nitrogens is 2. The summed E-state index contributed by atoms with van der Waals surface area (Å²) in [5, 5.41) is 12.1. The van der Waals surface area contributed by atoms with E-state index >= 15 is 0 Å². The fourth-order valence-electron chi connectivity index (χ4n) is 6.84. The average Bonchev–Trinajstić information content (AvgIpc) is 3.79. The van der Waals surface area contributed by atoms with Crippen LogP contribution in [0.4, 0.5) is 9.38 Å². The van der Waals surface area contributed by atoms with Gasteiger partial charge in [-0.05, 0) is 0 Å². The number of carbonyl (C=O) groups excluding carboxylic acids is 1. The minimum absolute atomic E-state index is 0.00649. The Bertz CT molecular complexity index is 2150. The van der Waals surface area contributed by atoms with Crippen molar-refractivity contribution >= 4 is 49.7 Å². The predicted molar refractivity (Wildman–Crippen MR) is 223 cm³/mol. The second-order valence-electron chi connectivity index (χ2n) is 16.1. The van der Waals surface area contributed by atoms with Crippen LogP contribution in [-0.4, -0.2) is 49.9 Å². The molecule has 0 bridgehead atoms. The van der Waals surface area contributed by atoms with Crippen molar-refractivity contribution in [2.45, 2.75) is 84.5 Å². The summed E-state index contributed by atoms with van der Waals surface area (Å²) in [7, 11) is 0. The number of hydrogen-bond acceptors (Lipinski definition) is 6. The molecule has 0 spiro atoms. The standard InChI is InChI=1S/C46H48N4O2Se2/c1-45(2,3)41-39(53-43(47-41)49(27-31-19-11-7-12-20-31)28-32-21-13-8-14-22-32)35-37(51)36(38(35)52)40-42(46(4,5)6)48-44(54-40)50(29-33-23-15-9-16-24-33)30-34-25-17-10-18-26-34/h7-26,35,51H,27-30H2,1-6H3. The van der Waals surface area contributed by atoms with Crippen LogP contribution in [0.5, 0.6) is 0 Å². The Balaban J connectivity index is 1.28. The molecule has 0 saturated carbocycles. The third kappa shape index (κ3) is 8.28. The fourth-order valence-corrected chi connectivity index (χ4v) is 12.5. The first-order valence-electron chi connectivity index (χ1n) is 18.5. The Kier molecular flexibility index (Phi) is 11.0. The maximum absolute atomic E-state index is 14.6. The predicted octanol–water partition coefficient (Wildman–Crippen LogP) is 9.23. The van der Waals surface area contributed by atoms with Gasteiger partial charge >= 0.3 is 333 Å². The second-order valence-corrected chi connectivity index (χ2v) is 20.3. The molecule has 1 unspecified atom stereocenters. The molecule has 8 heteroatoms. The quantitative estimate of drug-likeness (QED) is 0.124. The summed E-state index contributed by atoms with van der Waals surface area (Å²) in [5.41, 5.74) is 6.48. The van der Waals surface area contributed by atoms with Crippen molar-refractivity contribution < 1.29 is 9.90 Å². The normalized spacial score (nSPS) is 14.6. The summed E-state index contributed by atoms with van der Waals surface area (Å²) >= 11 is -0.528. The zero-order chi connectivity index (χ0) is 38.0. The van der Waals surface area contributed by atoms with E-state index in [0.29, 0.717) is 31.8 Å². The third-order valence-corrected chi connectivity index (χ3v) is 14.5. The van der Waals surface area contributed by atoms with Crippen molar-refractivity contribution in [3.05, 3.63) is 170 Å². The van der Waals surface area contributed by atoms with Crippen LogP contribution in [0, 0.1) is 0 Å². The Labute approximate surface area is 331 Å². The van der Waals surface area contributed by atoms with Crippen LogP contribution >= 0.6 is 0 Å². The first-order valence-corrected chi connectivity index (χ1v) is 21.9. The SMILES string of the molecule is CC(C)(C)c1nc(N(Cc2ccccc2)Cc2ccccc2)[se]c1C1=C(O)C(c2[se]c(N(Cc3ccccc3)Cc3ccccc3)nc2C(C)(C)C)C1=O. The number of Topliss-reactive ketones (excluding diaryl/α,β-unsaturated/α-hetero) is 1. The zero-order valence-corrected chi connectivity index (χ0v) is 35.3. The summed E-state index contributed by atoms with van der Waals surface area (Å²) in [6.45, 7) is 15.7. The van der Waals surface area contributed by atoms with E-state index in [2.05, 4.69) is 148 Å². The summed E-state index contributed by atoms with van der Waals surface area (Å²) in [6, 6.07) is 41.9. The van der Waals surface area contributed by atoms with Gasteiger partial charge in [-0.15, -0.1) is 0 Å². The van der Waals surface area contributed by atoms with Gasteiger partial charge in [-0.25, -0.2) is 0 Å². The van der Waals surface area contributed by atoms with Gasteiger partial charge in [0.05, 0.1) is 0 Å². The first kappa shape index (κ1) is 37.8. The van der Waals surface area contributed by atoms with Gasteiger partial charge in [-0.2, -0.15) is 0 Å². The molecule has 0 amide bonds. The number of aliphatic hydroxyl groups is 1. The number of allylic oxidation sites excluding steroid dienone is 2. The van der Waals surface area contributed by atoms with E-state index in [-0.39, 0.29) is 51.4 Å². The molecule has 1 atom stereocenters. The first-order chi connectivity index (χ1) is 25.9. The van der Waals surface area contributed by atoms with Crippen molar-refractivity contribution in [2.24, 2.45) is 0 Å². The van der Waals surface area contributed by atoms with Crippen LogP contribution in [0.3, 0.4) is 0 Å². The Hall–Kier alpha value is -4.45. The monoisotopic (exact) mass is 848 g/mol. The van der Waals surface area contributed by atoms with E-state index in [9.17, 15) is 9.90 Å². The maximum atomic E-state index is 14.6. The Morgan fingerprint density at radius 2 is 0.907 bits per heavy atom. The molecule has 1 aliphatic carbocycles. The zero-order valence-electron chi connectivity index (χ0n) is 31.9. The number of anilines is 2. The van der Waals surface area contributed by atoms with Crippen molar-refractivity contribution in [1.29, 1.82) is 0 Å². The van der Waals surface area contributed by atoms with Crippen molar-refractivity contribution in [1.82, 2.24) is 9.97 Å². The third-order valence-electron chi connectivity index (χ3n) is 9.61. The number of benzene rings is 4. The average molecular weight is 847 g/mol. The van der Waals surface area contributed by atoms with Gasteiger partial charge in [-0.1, -0.05) is 0 Å². The van der Waals surface area contributed by atoms with E-state index in [1.54, 1.807) is 0 Å². The summed E-state index contributed by atoms with van der Waals surface area (Å²) in [6.07, 6.45) is 0. The van der Waals surface area contributed by atoms with Crippen molar-refractivity contribution in [3.8, 4) is 0 Å². The molecule has 0 saturated heterocycles. The van der Waals surface area contributed by atoms with E-state index in [1.165, 1.54) is 22.3 Å². The van der Waals surface area contributed by atoms with E-state index < -0.39 is 5.92 Å².